The lowest BCUT2D eigenvalue weighted by molar-refractivity contribution is -0.141. The topological polar surface area (TPSA) is 69.6 Å². The Morgan fingerprint density at radius 1 is 1.35 bits per heavy atom. The second kappa shape index (κ2) is 5.85. The molecule has 20 heavy (non-hydrogen) atoms. The molecule has 1 aliphatic rings. The molecule has 108 valence electrons. The van der Waals surface area contributed by atoms with Gasteiger partial charge < -0.3 is 15.3 Å². The Morgan fingerprint density at radius 2 is 1.95 bits per heavy atom. The van der Waals surface area contributed by atoms with Crippen molar-refractivity contribution in [2.45, 2.75) is 18.9 Å². The molecule has 2 amide bonds. The minimum atomic E-state index is -1.05. The molecule has 0 aliphatic carbocycles. The molecule has 0 spiro atoms. The lowest BCUT2D eigenvalue weighted by atomic mass is 10.2. The van der Waals surface area contributed by atoms with E-state index < -0.39 is 23.9 Å². The van der Waals surface area contributed by atoms with Crippen LogP contribution in [-0.2, 0) is 4.79 Å². The maximum atomic E-state index is 13.3. The van der Waals surface area contributed by atoms with Crippen LogP contribution < -0.4 is 5.32 Å². The summed E-state index contributed by atoms with van der Waals surface area (Å²) in [4.78, 5) is 24.2. The Morgan fingerprint density at radius 3 is 2.50 bits per heavy atom. The number of carbonyl (C=O) groups is 2. The Balaban J connectivity index is 2.14. The first-order valence-corrected chi connectivity index (χ1v) is 6.60. The molecule has 1 aromatic carbocycles. The van der Waals surface area contributed by atoms with Gasteiger partial charge in [-0.25, -0.2) is 14.0 Å². The highest BCUT2D eigenvalue weighted by atomic mass is 35.5. The van der Waals surface area contributed by atoms with Crippen LogP contribution >= 0.6 is 23.2 Å². The maximum Gasteiger partial charge on any atom is 0.326 e. The van der Waals surface area contributed by atoms with E-state index in [9.17, 15) is 14.0 Å². The molecule has 1 aliphatic heterocycles. The number of halogens is 3. The molecule has 1 atom stereocenters. The summed E-state index contributed by atoms with van der Waals surface area (Å²) in [5, 5.41) is 11.0. The molecular weight excluding hydrogens is 310 g/mol. The third-order valence-electron chi connectivity index (χ3n) is 3.03. The van der Waals surface area contributed by atoms with Crippen molar-refractivity contribution in [3.05, 3.63) is 28.0 Å². The second-order valence-corrected chi connectivity index (χ2v) is 5.19. The molecule has 2 rings (SSSR count). The highest BCUT2D eigenvalue weighted by Crippen LogP contribution is 2.28. The predicted octanol–water partition coefficient (Wildman–Crippen LogP) is 3.21. The Bertz CT molecular complexity index is 545. The number of likely N-dealkylation sites (tertiary alicyclic amines) is 1. The van der Waals surface area contributed by atoms with Crippen molar-refractivity contribution in [2.24, 2.45) is 0 Å². The Hall–Kier alpha value is -1.53. The van der Waals surface area contributed by atoms with Crippen LogP contribution in [0, 0.1) is 5.82 Å². The summed E-state index contributed by atoms with van der Waals surface area (Å²) >= 11 is 11.2. The van der Waals surface area contributed by atoms with Gasteiger partial charge in [0.05, 0.1) is 10.0 Å². The monoisotopic (exact) mass is 320 g/mol. The van der Waals surface area contributed by atoms with E-state index >= 15 is 0 Å². The van der Waals surface area contributed by atoms with Crippen molar-refractivity contribution in [2.75, 3.05) is 11.9 Å². The maximum absolute atomic E-state index is 13.3. The van der Waals surface area contributed by atoms with Gasteiger partial charge in [-0.3, -0.25) is 0 Å². The molecular formula is C12H11Cl2FN2O3. The summed E-state index contributed by atoms with van der Waals surface area (Å²) in [5.41, 5.74) is 0.211. The van der Waals surface area contributed by atoms with Crippen LogP contribution in [0.4, 0.5) is 14.9 Å². The van der Waals surface area contributed by atoms with E-state index in [1.54, 1.807) is 0 Å². The molecule has 1 aromatic rings. The number of carboxylic acids is 1. The van der Waals surface area contributed by atoms with Crippen LogP contribution in [0.1, 0.15) is 12.8 Å². The zero-order chi connectivity index (χ0) is 14.9. The summed E-state index contributed by atoms with van der Waals surface area (Å²) in [6, 6.07) is 1.01. The first-order chi connectivity index (χ1) is 9.40. The third kappa shape index (κ3) is 2.96. The van der Waals surface area contributed by atoms with Gasteiger partial charge in [-0.05, 0) is 25.0 Å². The number of urea groups is 1. The molecule has 1 fully saturated rings. The van der Waals surface area contributed by atoms with Crippen LogP contribution in [0.5, 0.6) is 0 Å². The van der Waals surface area contributed by atoms with Gasteiger partial charge in [0.2, 0.25) is 0 Å². The zero-order valence-electron chi connectivity index (χ0n) is 10.2. The molecule has 8 heteroatoms. The molecule has 0 aromatic heterocycles. The lowest BCUT2D eigenvalue weighted by Crippen LogP contribution is -2.42. The van der Waals surface area contributed by atoms with Crippen LogP contribution in [0.2, 0.25) is 10.0 Å². The summed E-state index contributed by atoms with van der Waals surface area (Å²) in [6.07, 6.45) is 1.03. The van der Waals surface area contributed by atoms with E-state index in [1.165, 1.54) is 17.0 Å². The summed E-state index contributed by atoms with van der Waals surface area (Å²) in [6.45, 7) is 0.353. The van der Waals surface area contributed by atoms with Gasteiger partial charge in [0.1, 0.15) is 6.04 Å². The molecule has 1 saturated heterocycles. The van der Waals surface area contributed by atoms with Crippen LogP contribution in [0.15, 0.2) is 12.1 Å². The number of amides is 2. The average molecular weight is 321 g/mol. The SMILES string of the molecule is O=C(O)C1CCCN1C(=O)Nc1cc(Cl)c(F)c(Cl)c1. The number of hydrogen-bond acceptors (Lipinski definition) is 2. The molecule has 0 saturated carbocycles. The van der Waals surface area contributed by atoms with E-state index in [4.69, 9.17) is 28.3 Å². The smallest absolute Gasteiger partial charge is 0.326 e. The van der Waals surface area contributed by atoms with E-state index in [1.807, 2.05) is 0 Å². The number of nitrogens with one attached hydrogen (secondary N) is 1. The first-order valence-electron chi connectivity index (χ1n) is 5.85. The quantitative estimate of drug-likeness (QED) is 0.822. The standard InChI is InChI=1S/C12H11Cl2FN2O3/c13-7-4-6(5-8(14)10(7)15)16-12(20)17-3-1-2-9(17)11(18)19/h4-5,9H,1-3H2,(H,16,20)(H,18,19). The third-order valence-corrected chi connectivity index (χ3v) is 3.58. The molecule has 0 bridgehead atoms. The van der Waals surface area contributed by atoms with E-state index in [0.717, 1.165) is 0 Å². The van der Waals surface area contributed by atoms with Gasteiger partial charge in [-0.1, -0.05) is 23.2 Å². The van der Waals surface area contributed by atoms with E-state index in [2.05, 4.69) is 5.32 Å². The van der Waals surface area contributed by atoms with Crippen molar-refractivity contribution in [1.29, 1.82) is 0 Å². The molecule has 1 unspecified atom stereocenters. The number of aliphatic carboxylic acids is 1. The second-order valence-electron chi connectivity index (χ2n) is 4.37. The van der Waals surface area contributed by atoms with Gasteiger partial charge in [-0.15, -0.1) is 0 Å². The molecule has 2 N–H and O–H groups in total. The highest BCUT2D eigenvalue weighted by Gasteiger charge is 2.34. The molecule has 5 nitrogen and oxygen atoms in total. The molecule has 0 radical (unpaired) electrons. The van der Waals surface area contributed by atoms with Gasteiger partial charge >= 0.3 is 12.0 Å². The van der Waals surface area contributed by atoms with Crippen molar-refractivity contribution in [1.82, 2.24) is 4.90 Å². The van der Waals surface area contributed by atoms with Crippen LogP contribution in [0.25, 0.3) is 0 Å². The van der Waals surface area contributed by atoms with E-state index in [-0.39, 0.29) is 15.7 Å². The van der Waals surface area contributed by atoms with Crippen molar-refractivity contribution >= 4 is 40.9 Å². The lowest BCUT2D eigenvalue weighted by Gasteiger charge is -2.22. The number of hydrogen-bond donors (Lipinski definition) is 2. The van der Waals surface area contributed by atoms with Crippen molar-refractivity contribution in [3.8, 4) is 0 Å². The van der Waals surface area contributed by atoms with Crippen molar-refractivity contribution < 1.29 is 19.1 Å². The van der Waals surface area contributed by atoms with Gasteiger partial charge in [0.15, 0.2) is 5.82 Å². The number of benzene rings is 1. The number of carboxylic acid groups (broad SMARTS) is 1. The number of nitrogens with zero attached hydrogens (tertiary/aromatic N) is 1. The van der Waals surface area contributed by atoms with Gasteiger partial charge in [0.25, 0.3) is 0 Å². The fourth-order valence-electron chi connectivity index (χ4n) is 2.09. The van der Waals surface area contributed by atoms with Crippen LogP contribution in [-0.4, -0.2) is 34.6 Å². The number of anilines is 1. The van der Waals surface area contributed by atoms with Gasteiger partial charge in [0, 0.05) is 12.2 Å². The molecule has 1 heterocycles. The minimum absolute atomic E-state index is 0.211. The van der Waals surface area contributed by atoms with Crippen molar-refractivity contribution in [3.63, 3.8) is 0 Å². The zero-order valence-corrected chi connectivity index (χ0v) is 11.7. The summed E-state index contributed by atoms with van der Waals surface area (Å²) in [5.74, 6) is -1.82. The van der Waals surface area contributed by atoms with Gasteiger partial charge in [-0.2, -0.15) is 0 Å². The number of rotatable bonds is 2. The fourth-order valence-corrected chi connectivity index (χ4v) is 2.58. The van der Waals surface area contributed by atoms with Crippen LogP contribution in [0.3, 0.4) is 0 Å². The number of carbonyl (C=O) groups excluding carboxylic acids is 1. The largest absolute Gasteiger partial charge is 0.480 e. The first kappa shape index (κ1) is 14.9. The summed E-state index contributed by atoms with van der Waals surface area (Å²) < 4.78 is 13.3. The Labute approximate surface area is 124 Å². The summed E-state index contributed by atoms with van der Waals surface area (Å²) in [7, 11) is 0. The normalized spacial score (nSPS) is 18.1. The Kier molecular flexibility index (Phi) is 4.35. The predicted molar refractivity (Wildman–Crippen MR) is 72.8 cm³/mol. The highest BCUT2D eigenvalue weighted by molar-refractivity contribution is 6.35. The average Bonchev–Trinajstić information content (AvgIpc) is 2.85. The minimum Gasteiger partial charge on any atom is -0.480 e. The van der Waals surface area contributed by atoms with E-state index in [0.29, 0.717) is 19.4 Å². The fraction of sp³-hybridized carbons (Fsp3) is 0.333.